The third kappa shape index (κ3) is 3.48. The predicted molar refractivity (Wildman–Crippen MR) is 105 cm³/mol. The molecule has 6 heteroatoms. The molecule has 5 nitrogen and oxygen atoms in total. The van der Waals surface area contributed by atoms with E-state index in [1.54, 1.807) is 0 Å². The number of aromatic nitrogens is 3. The van der Waals surface area contributed by atoms with Crippen LogP contribution in [-0.2, 0) is 6.54 Å². The van der Waals surface area contributed by atoms with E-state index in [0.29, 0.717) is 12.0 Å². The van der Waals surface area contributed by atoms with Crippen molar-refractivity contribution in [1.82, 2.24) is 20.3 Å². The molecule has 1 aliphatic heterocycles. The first-order chi connectivity index (χ1) is 12.6. The largest absolute Gasteiger partial charge is 0.361 e. The zero-order valence-electron chi connectivity index (χ0n) is 15.1. The summed E-state index contributed by atoms with van der Waals surface area (Å²) in [5.74, 6) is 1.33. The topological polar surface area (TPSA) is 58.0 Å². The maximum absolute atomic E-state index is 5.53. The van der Waals surface area contributed by atoms with E-state index in [4.69, 9.17) is 4.52 Å². The molecule has 0 unspecified atom stereocenters. The summed E-state index contributed by atoms with van der Waals surface area (Å²) in [5.41, 5.74) is 4.49. The smallest absolute Gasteiger partial charge is 0.139 e. The van der Waals surface area contributed by atoms with Gasteiger partial charge in [0, 0.05) is 34.1 Å². The maximum atomic E-state index is 5.53. The molecule has 1 atom stereocenters. The zero-order chi connectivity index (χ0) is 18.1. The number of nitrogens with zero attached hydrogens (tertiary/aromatic N) is 3. The fourth-order valence-corrected chi connectivity index (χ4v) is 4.03. The fourth-order valence-electron chi connectivity index (χ4n) is 3.63. The number of halogens is 1. The van der Waals surface area contributed by atoms with E-state index in [1.807, 2.05) is 18.3 Å². The van der Waals surface area contributed by atoms with E-state index in [1.165, 1.54) is 12.0 Å². The van der Waals surface area contributed by atoms with Gasteiger partial charge in [-0.2, -0.15) is 5.10 Å². The predicted octanol–water partition coefficient (Wildman–Crippen LogP) is 5.29. The van der Waals surface area contributed by atoms with Crippen molar-refractivity contribution in [3.63, 3.8) is 0 Å². The Morgan fingerprint density at radius 1 is 1.35 bits per heavy atom. The van der Waals surface area contributed by atoms with Crippen molar-refractivity contribution in [2.45, 2.75) is 45.2 Å². The van der Waals surface area contributed by atoms with Gasteiger partial charge in [-0.05, 0) is 31.5 Å². The summed E-state index contributed by atoms with van der Waals surface area (Å²) < 4.78 is 6.60. The van der Waals surface area contributed by atoms with Gasteiger partial charge in [0.1, 0.15) is 11.5 Å². The summed E-state index contributed by atoms with van der Waals surface area (Å²) >= 11 is 3.55. The minimum absolute atomic E-state index is 0.316. The number of H-pyrrole nitrogens is 1. The van der Waals surface area contributed by atoms with Crippen molar-refractivity contribution in [2.75, 3.05) is 6.54 Å². The van der Waals surface area contributed by atoms with Crippen molar-refractivity contribution in [3.8, 4) is 11.3 Å². The van der Waals surface area contributed by atoms with Gasteiger partial charge >= 0.3 is 0 Å². The molecule has 1 aromatic carbocycles. The minimum Gasteiger partial charge on any atom is -0.361 e. The molecule has 26 heavy (non-hydrogen) atoms. The van der Waals surface area contributed by atoms with Crippen LogP contribution >= 0.6 is 15.9 Å². The summed E-state index contributed by atoms with van der Waals surface area (Å²) in [7, 11) is 0. The van der Waals surface area contributed by atoms with Crippen LogP contribution in [0, 0.1) is 0 Å². The molecule has 2 aromatic heterocycles. The number of nitrogens with one attached hydrogen (secondary N) is 1. The first-order valence-corrected chi connectivity index (χ1v) is 9.90. The molecule has 0 radical (unpaired) electrons. The highest BCUT2D eigenvalue weighted by Crippen LogP contribution is 2.35. The van der Waals surface area contributed by atoms with Crippen LogP contribution in [0.3, 0.4) is 0 Å². The number of benzene rings is 1. The molecule has 136 valence electrons. The highest BCUT2D eigenvalue weighted by molar-refractivity contribution is 9.10. The van der Waals surface area contributed by atoms with Crippen LogP contribution in [0.5, 0.6) is 0 Å². The molecule has 1 saturated heterocycles. The normalized spacial score (nSPS) is 18.1. The van der Waals surface area contributed by atoms with E-state index in [9.17, 15) is 0 Å². The molecule has 1 aliphatic rings. The Labute approximate surface area is 161 Å². The van der Waals surface area contributed by atoms with Gasteiger partial charge in [-0.3, -0.25) is 10.00 Å². The van der Waals surface area contributed by atoms with Crippen LogP contribution in [0.15, 0.2) is 45.5 Å². The lowest BCUT2D eigenvalue weighted by atomic mass is 10.1. The lowest BCUT2D eigenvalue weighted by molar-refractivity contribution is 0.236. The Bertz CT molecular complexity index is 885. The van der Waals surface area contributed by atoms with E-state index in [0.717, 1.165) is 46.7 Å². The van der Waals surface area contributed by atoms with Crippen molar-refractivity contribution < 1.29 is 4.52 Å². The zero-order valence-corrected chi connectivity index (χ0v) is 16.7. The van der Waals surface area contributed by atoms with Crippen LogP contribution in [0.1, 0.15) is 55.7 Å². The number of hydrogen-bond donors (Lipinski definition) is 1. The van der Waals surface area contributed by atoms with Gasteiger partial charge in [0.25, 0.3) is 0 Å². The standard InChI is InChI=1S/C20H23BrN4O/c1-13(2)19-10-17(24-26-19)18-7-4-8-25(18)12-15-11-22-23-20(15)14-5-3-6-16(21)9-14/h3,5-6,9-11,13,18H,4,7-8,12H2,1-2H3,(H,22,23)/t18-/m0/s1. The summed E-state index contributed by atoms with van der Waals surface area (Å²) in [6, 6.07) is 10.7. The average Bonchev–Trinajstić information content (AvgIpc) is 3.35. The molecule has 0 amide bonds. The quantitative estimate of drug-likeness (QED) is 0.616. The molecule has 4 rings (SSSR count). The summed E-state index contributed by atoms with van der Waals surface area (Å²) in [6.45, 7) is 6.18. The van der Waals surface area contributed by atoms with Crippen molar-refractivity contribution in [1.29, 1.82) is 0 Å². The third-order valence-corrected chi connectivity index (χ3v) is 5.52. The number of rotatable bonds is 5. The Balaban J connectivity index is 1.56. The first kappa shape index (κ1) is 17.5. The molecular formula is C20H23BrN4O. The van der Waals surface area contributed by atoms with E-state index >= 15 is 0 Å². The molecule has 0 aliphatic carbocycles. The molecule has 0 saturated carbocycles. The first-order valence-electron chi connectivity index (χ1n) is 9.10. The Morgan fingerprint density at radius 2 is 2.23 bits per heavy atom. The van der Waals surface area contributed by atoms with E-state index in [2.05, 4.69) is 68.2 Å². The Morgan fingerprint density at radius 3 is 3.00 bits per heavy atom. The summed E-state index contributed by atoms with van der Waals surface area (Å²) in [5, 5.41) is 11.8. The second-order valence-electron chi connectivity index (χ2n) is 7.22. The number of likely N-dealkylation sites (tertiary alicyclic amines) is 1. The molecule has 0 bridgehead atoms. The molecule has 1 fully saturated rings. The van der Waals surface area contributed by atoms with Gasteiger partial charge < -0.3 is 4.52 Å². The number of hydrogen-bond acceptors (Lipinski definition) is 4. The van der Waals surface area contributed by atoms with Gasteiger partial charge in [-0.1, -0.05) is 47.1 Å². The molecule has 0 spiro atoms. The van der Waals surface area contributed by atoms with Gasteiger partial charge in [0.15, 0.2) is 0 Å². The SMILES string of the molecule is CC(C)c1cc([C@@H]2CCCN2Cc2cn[nH]c2-c2cccc(Br)c2)no1. The third-order valence-electron chi connectivity index (χ3n) is 5.03. The molecule has 3 heterocycles. The van der Waals surface area contributed by atoms with Crippen LogP contribution in [0.25, 0.3) is 11.3 Å². The van der Waals surface area contributed by atoms with Crippen LogP contribution in [0.4, 0.5) is 0 Å². The van der Waals surface area contributed by atoms with E-state index < -0.39 is 0 Å². The van der Waals surface area contributed by atoms with Crippen LogP contribution in [0.2, 0.25) is 0 Å². The van der Waals surface area contributed by atoms with E-state index in [-0.39, 0.29) is 0 Å². The monoisotopic (exact) mass is 414 g/mol. The van der Waals surface area contributed by atoms with Gasteiger partial charge in [0.05, 0.1) is 17.9 Å². The molecule has 1 N–H and O–H groups in total. The van der Waals surface area contributed by atoms with Crippen molar-refractivity contribution in [3.05, 3.63) is 58.0 Å². The highest BCUT2D eigenvalue weighted by Gasteiger charge is 2.30. The Hall–Kier alpha value is -1.92. The van der Waals surface area contributed by atoms with Crippen molar-refractivity contribution in [2.24, 2.45) is 0 Å². The van der Waals surface area contributed by atoms with Gasteiger partial charge in [-0.25, -0.2) is 0 Å². The summed E-state index contributed by atoms with van der Waals surface area (Å²) in [4.78, 5) is 2.48. The Kier molecular flexibility index (Phi) is 4.96. The number of aromatic amines is 1. The van der Waals surface area contributed by atoms with Crippen molar-refractivity contribution >= 4 is 15.9 Å². The second-order valence-corrected chi connectivity index (χ2v) is 8.13. The van der Waals surface area contributed by atoms with Gasteiger partial charge in [0.2, 0.25) is 0 Å². The fraction of sp³-hybridized carbons (Fsp3) is 0.400. The molecule has 3 aromatic rings. The molecular weight excluding hydrogens is 392 g/mol. The minimum atomic E-state index is 0.316. The van der Waals surface area contributed by atoms with Gasteiger partial charge in [-0.15, -0.1) is 0 Å². The lowest BCUT2D eigenvalue weighted by Crippen LogP contribution is -2.23. The lowest BCUT2D eigenvalue weighted by Gasteiger charge is -2.22. The van der Waals surface area contributed by atoms with Crippen LogP contribution in [-0.4, -0.2) is 26.8 Å². The average molecular weight is 415 g/mol. The highest BCUT2D eigenvalue weighted by atomic mass is 79.9. The summed E-state index contributed by atoms with van der Waals surface area (Å²) in [6.07, 6.45) is 4.24. The second kappa shape index (κ2) is 7.37. The van der Waals surface area contributed by atoms with Crippen LogP contribution < -0.4 is 0 Å². The maximum Gasteiger partial charge on any atom is 0.139 e.